The van der Waals surface area contributed by atoms with Gasteiger partial charge in [-0.2, -0.15) is 0 Å². The van der Waals surface area contributed by atoms with Crippen LogP contribution in [0.5, 0.6) is 0 Å². The highest BCUT2D eigenvalue weighted by Gasteiger charge is 2.15. The van der Waals surface area contributed by atoms with Gasteiger partial charge in [-0.25, -0.2) is 9.97 Å². The van der Waals surface area contributed by atoms with Crippen LogP contribution in [-0.2, 0) is 4.74 Å². The Morgan fingerprint density at radius 1 is 1.23 bits per heavy atom. The van der Waals surface area contributed by atoms with Crippen molar-refractivity contribution in [2.45, 2.75) is 19.8 Å². The lowest BCUT2D eigenvalue weighted by molar-refractivity contribution is 0.0948. The Balaban J connectivity index is 1.73. The third-order valence-electron chi connectivity index (χ3n) is 4.23. The smallest absolute Gasteiger partial charge is 0.270 e. The number of hydrogen-bond acceptors (Lipinski definition) is 6. The molecule has 3 rings (SSSR count). The maximum Gasteiger partial charge on any atom is 0.270 e. The van der Waals surface area contributed by atoms with Gasteiger partial charge in [0.15, 0.2) is 0 Å². The Bertz CT molecular complexity index is 731. The van der Waals surface area contributed by atoms with E-state index in [-0.39, 0.29) is 5.91 Å². The molecule has 0 bridgehead atoms. The van der Waals surface area contributed by atoms with Crippen molar-refractivity contribution >= 4 is 23.1 Å². The van der Waals surface area contributed by atoms with Crippen molar-refractivity contribution in [1.29, 1.82) is 0 Å². The van der Waals surface area contributed by atoms with Gasteiger partial charge in [0.1, 0.15) is 17.8 Å². The monoisotopic (exact) mass is 355 g/mol. The Kier molecular flexibility index (Phi) is 6.38. The Hall–Kier alpha value is -2.67. The molecule has 1 aromatic heterocycles. The molecule has 0 radical (unpaired) electrons. The number of nitrogens with zero attached hydrogens (tertiary/aromatic N) is 3. The molecule has 2 aromatic rings. The average Bonchev–Trinajstić information content (AvgIpc) is 2.69. The summed E-state index contributed by atoms with van der Waals surface area (Å²) in [6.07, 6.45) is 3.40. The van der Waals surface area contributed by atoms with E-state index >= 15 is 0 Å². The van der Waals surface area contributed by atoms with Crippen molar-refractivity contribution in [1.82, 2.24) is 15.3 Å². The Labute approximate surface area is 153 Å². The fourth-order valence-electron chi connectivity index (χ4n) is 2.82. The van der Waals surface area contributed by atoms with E-state index in [2.05, 4.69) is 38.5 Å². The first-order valence-corrected chi connectivity index (χ1v) is 9.07. The van der Waals surface area contributed by atoms with E-state index in [4.69, 9.17) is 4.74 Å². The van der Waals surface area contributed by atoms with Crippen LogP contribution >= 0.6 is 0 Å². The number of rotatable bonds is 7. The number of nitrogens with one attached hydrogen (secondary N) is 2. The molecule has 0 spiro atoms. The third-order valence-corrected chi connectivity index (χ3v) is 4.23. The molecule has 1 aliphatic rings. The van der Waals surface area contributed by atoms with E-state index in [1.807, 2.05) is 18.2 Å². The lowest BCUT2D eigenvalue weighted by Crippen LogP contribution is -2.36. The van der Waals surface area contributed by atoms with E-state index in [1.54, 1.807) is 6.07 Å². The van der Waals surface area contributed by atoms with Crippen LogP contribution in [0, 0.1) is 0 Å². The molecule has 1 amide bonds. The minimum atomic E-state index is -0.176. The van der Waals surface area contributed by atoms with Gasteiger partial charge < -0.3 is 20.3 Å². The molecule has 1 fully saturated rings. The maximum absolute atomic E-state index is 12.2. The van der Waals surface area contributed by atoms with Crippen LogP contribution in [0.25, 0.3) is 0 Å². The summed E-state index contributed by atoms with van der Waals surface area (Å²) in [5.41, 5.74) is 2.41. The Morgan fingerprint density at radius 3 is 2.85 bits per heavy atom. The van der Waals surface area contributed by atoms with Crippen LogP contribution in [0.15, 0.2) is 36.7 Å². The highest BCUT2D eigenvalue weighted by molar-refractivity contribution is 5.93. The molecule has 0 unspecified atom stereocenters. The van der Waals surface area contributed by atoms with Gasteiger partial charge in [0.25, 0.3) is 5.91 Å². The Morgan fingerprint density at radius 2 is 2.04 bits per heavy atom. The van der Waals surface area contributed by atoms with E-state index in [0.29, 0.717) is 18.1 Å². The third kappa shape index (κ3) is 4.70. The van der Waals surface area contributed by atoms with Crippen LogP contribution in [0.1, 0.15) is 30.3 Å². The zero-order valence-corrected chi connectivity index (χ0v) is 15.1. The molecule has 26 heavy (non-hydrogen) atoms. The van der Waals surface area contributed by atoms with Gasteiger partial charge >= 0.3 is 0 Å². The first-order chi connectivity index (χ1) is 12.8. The minimum absolute atomic E-state index is 0.176. The standard InChI is InChI=1S/C19H25N5O2/c1-2-3-8-20-19(25)16-13-18(22-14-21-16)23-15-6-4-5-7-17(15)24-9-11-26-12-10-24/h4-7,13-14H,2-3,8-12H2,1H3,(H,20,25)(H,21,22,23). The van der Waals surface area contributed by atoms with Crippen LogP contribution in [0.3, 0.4) is 0 Å². The number of para-hydroxylation sites is 2. The maximum atomic E-state index is 12.2. The summed E-state index contributed by atoms with van der Waals surface area (Å²) in [6, 6.07) is 9.76. The van der Waals surface area contributed by atoms with Gasteiger partial charge in [-0.1, -0.05) is 25.5 Å². The second-order valence-electron chi connectivity index (χ2n) is 6.14. The van der Waals surface area contributed by atoms with Crippen LogP contribution in [0.4, 0.5) is 17.2 Å². The lowest BCUT2D eigenvalue weighted by atomic mass is 10.2. The van der Waals surface area contributed by atoms with Crippen LogP contribution < -0.4 is 15.5 Å². The summed E-state index contributed by atoms with van der Waals surface area (Å²) in [7, 11) is 0. The van der Waals surface area contributed by atoms with E-state index < -0.39 is 0 Å². The predicted octanol–water partition coefficient (Wildman–Crippen LogP) is 2.59. The van der Waals surface area contributed by atoms with Crippen molar-refractivity contribution in [2.24, 2.45) is 0 Å². The fourth-order valence-corrected chi connectivity index (χ4v) is 2.82. The predicted molar refractivity (Wildman–Crippen MR) is 102 cm³/mol. The molecular formula is C19H25N5O2. The molecule has 0 saturated carbocycles. The molecule has 7 heteroatoms. The summed E-state index contributed by atoms with van der Waals surface area (Å²) in [6.45, 7) is 5.90. The molecule has 138 valence electrons. The number of anilines is 3. The average molecular weight is 355 g/mol. The van der Waals surface area contributed by atoms with Crippen molar-refractivity contribution in [2.75, 3.05) is 43.1 Å². The molecule has 0 atom stereocenters. The molecule has 2 heterocycles. The first-order valence-electron chi connectivity index (χ1n) is 9.07. The number of hydrogen-bond donors (Lipinski definition) is 2. The molecule has 1 saturated heterocycles. The van der Waals surface area contributed by atoms with Crippen LogP contribution in [0.2, 0.25) is 0 Å². The van der Waals surface area contributed by atoms with Crippen LogP contribution in [-0.4, -0.2) is 48.7 Å². The largest absolute Gasteiger partial charge is 0.378 e. The SMILES string of the molecule is CCCCNC(=O)c1cc(Nc2ccccc2N2CCOCC2)ncn1. The van der Waals surface area contributed by atoms with Gasteiger partial charge in [-0.05, 0) is 18.6 Å². The summed E-state index contributed by atoms with van der Waals surface area (Å²) >= 11 is 0. The molecule has 2 N–H and O–H groups in total. The summed E-state index contributed by atoms with van der Waals surface area (Å²) < 4.78 is 5.43. The zero-order valence-electron chi connectivity index (χ0n) is 15.1. The number of aromatic nitrogens is 2. The molecular weight excluding hydrogens is 330 g/mol. The van der Waals surface area contributed by atoms with E-state index in [9.17, 15) is 4.79 Å². The van der Waals surface area contributed by atoms with E-state index in [1.165, 1.54) is 6.33 Å². The number of unbranched alkanes of at least 4 members (excludes halogenated alkanes) is 1. The zero-order chi connectivity index (χ0) is 18.2. The number of morpholine rings is 1. The lowest BCUT2D eigenvalue weighted by Gasteiger charge is -2.30. The topological polar surface area (TPSA) is 79.4 Å². The minimum Gasteiger partial charge on any atom is -0.378 e. The summed E-state index contributed by atoms with van der Waals surface area (Å²) in [5, 5.41) is 6.19. The molecule has 0 aliphatic carbocycles. The number of carbonyl (C=O) groups is 1. The molecule has 1 aromatic carbocycles. The number of ether oxygens (including phenoxy) is 1. The fraction of sp³-hybridized carbons (Fsp3) is 0.421. The van der Waals surface area contributed by atoms with Crippen molar-refractivity contribution in [3.05, 3.63) is 42.4 Å². The van der Waals surface area contributed by atoms with Gasteiger partial charge in [-0.15, -0.1) is 0 Å². The number of benzene rings is 1. The van der Waals surface area contributed by atoms with Crippen molar-refractivity contribution in [3.63, 3.8) is 0 Å². The first kappa shape index (κ1) is 18.1. The molecule has 7 nitrogen and oxygen atoms in total. The molecule has 1 aliphatic heterocycles. The number of amides is 1. The van der Waals surface area contributed by atoms with Gasteiger partial charge in [0.05, 0.1) is 24.6 Å². The highest BCUT2D eigenvalue weighted by atomic mass is 16.5. The summed E-state index contributed by atoms with van der Waals surface area (Å²) in [5.74, 6) is 0.423. The quantitative estimate of drug-likeness (QED) is 0.743. The second-order valence-corrected chi connectivity index (χ2v) is 6.14. The summed E-state index contributed by atoms with van der Waals surface area (Å²) in [4.78, 5) is 22.8. The highest BCUT2D eigenvalue weighted by Crippen LogP contribution is 2.28. The van der Waals surface area contributed by atoms with E-state index in [0.717, 1.165) is 50.5 Å². The normalized spacial score (nSPS) is 14.1. The number of carbonyl (C=O) groups excluding carboxylic acids is 1. The van der Waals surface area contributed by atoms with Crippen molar-refractivity contribution in [3.8, 4) is 0 Å². The van der Waals surface area contributed by atoms with Gasteiger partial charge in [-0.3, -0.25) is 4.79 Å². The van der Waals surface area contributed by atoms with Gasteiger partial charge in [0.2, 0.25) is 0 Å². The second kappa shape index (κ2) is 9.15. The van der Waals surface area contributed by atoms with Gasteiger partial charge in [0, 0.05) is 25.7 Å². The van der Waals surface area contributed by atoms with Crippen molar-refractivity contribution < 1.29 is 9.53 Å².